The van der Waals surface area contributed by atoms with Gasteiger partial charge in [-0.1, -0.05) is 42.5 Å². The van der Waals surface area contributed by atoms with Crippen LogP contribution in [-0.4, -0.2) is 43.3 Å². The Balaban J connectivity index is 1.32. The standard InChI is InChI=1S/C25H27NO4/c1-28-19-9-5-6-17(12-19)13-26-14-21-23(30-16-26)11-10-20-24(27)22(15-29-25(20)21)18-7-3-2-4-8-18/h2-9,12,15,20-21,23,25H,10-11,13-14,16H2,1H3. The number of nitrogens with zero attached hydrogens (tertiary/aromatic N) is 1. The van der Waals surface area contributed by atoms with Gasteiger partial charge < -0.3 is 14.2 Å². The number of ketones is 1. The Bertz CT molecular complexity index is 941. The van der Waals surface area contributed by atoms with Crippen LogP contribution in [0.2, 0.25) is 0 Å². The summed E-state index contributed by atoms with van der Waals surface area (Å²) < 4.78 is 17.8. The minimum atomic E-state index is -0.114. The summed E-state index contributed by atoms with van der Waals surface area (Å²) in [5.74, 6) is 1.18. The normalized spacial score (nSPS) is 28.7. The Kier molecular flexibility index (Phi) is 5.32. The van der Waals surface area contributed by atoms with E-state index in [2.05, 4.69) is 17.0 Å². The summed E-state index contributed by atoms with van der Waals surface area (Å²) in [6, 6.07) is 17.9. The van der Waals surface area contributed by atoms with Crippen LogP contribution < -0.4 is 4.74 Å². The van der Waals surface area contributed by atoms with Crippen LogP contribution in [0, 0.1) is 11.8 Å². The molecule has 0 bridgehead atoms. The summed E-state index contributed by atoms with van der Waals surface area (Å²) in [5, 5.41) is 0. The number of fused-ring (bicyclic) bond motifs is 3. The predicted molar refractivity (Wildman–Crippen MR) is 114 cm³/mol. The fourth-order valence-electron chi connectivity index (χ4n) is 5.06. The molecule has 156 valence electrons. The molecule has 1 aliphatic carbocycles. The van der Waals surface area contributed by atoms with E-state index in [1.165, 1.54) is 5.56 Å². The van der Waals surface area contributed by atoms with E-state index in [4.69, 9.17) is 14.2 Å². The van der Waals surface area contributed by atoms with Crippen LogP contribution in [0.4, 0.5) is 0 Å². The summed E-state index contributed by atoms with van der Waals surface area (Å²) in [6.45, 7) is 2.26. The number of methoxy groups -OCH3 is 1. The summed E-state index contributed by atoms with van der Waals surface area (Å²) in [5.41, 5.74) is 2.82. The molecule has 4 atom stereocenters. The largest absolute Gasteiger partial charge is 0.497 e. The molecule has 2 heterocycles. The van der Waals surface area contributed by atoms with Crippen LogP contribution in [0.1, 0.15) is 24.0 Å². The van der Waals surface area contributed by atoms with Crippen molar-refractivity contribution in [3.63, 3.8) is 0 Å². The molecule has 0 radical (unpaired) electrons. The Labute approximate surface area is 177 Å². The van der Waals surface area contributed by atoms with E-state index in [-0.39, 0.29) is 29.8 Å². The van der Waals surface area contributed by atoms with Crippen LogP contribution in [0.3, 0.4) is 0 Å². The van der Waals surface area contributed by atoms with Gasteiger partial charge in [-0.2, -0.15) is 0 Å². The maximum Gasteiger partial charge on any atom is 0.173 e. The van der Waals surface area contributed by atoms with Crippen molar-refractivity contribution in [2.75, 3.05) is 20.4 Å². The molecule has 2 aliphatic heterocycles. The Hall–Kier alpha value is -2.63. The number of ether oxygens (including phenoxy) is 3. The van der Waals surface area contributed by atoms with Gasteiger partial charge in [-0.3, -0.25) is 9.69 Å². The second-order valence-electron chi connectivity index (χ2n) is 8.41. The van der Waals surface area contributed by atoms with E-state index < -0.39 is 0 Å². The zero-order valence-corrected chi connectivity index (χ0v) is 17.2. The first kappa shape index (κ1) is 19.3. The van der Waals surface area contributed by atoms with Crippen LogP contribution >= 0.6 is 0 Å². The number of benzene rings is 2. The zero-order chi connectivity index (χ0) is 20.5. The van der Waals surface area contributed by atoms with Gasteiger partial charge in [0.05, 0.1) is 37.7 Å². The zero-order valence-electron chi connectivity index (χ0n) is 17.2. The number of hydrogen-bond donors (Lipinski definition) is 0. The van der Waals surface area contributed by atoms with Gasteiger partial charge in [0.2, 0.25) is 0 Å². The molecule has 2 aromatic rings. The molecule has 1 saturated heterocycles. The molecule has 0 N–H and O–H groups in total. The van der Waals surface area contributed by atoms with E-state index in [1.807, 2.05) is 42.5 Å². The number of rotatable bonds is 4. The van der Waals surface area contributed by atoms with Gasteiger partial charge in [0.25, 0.3) is 0 Å². The summed E-state index contributed by atoms with van der Waals surface area (Å²) in [7, 11) is 1.69. The number of carbonyl (C=O) groups excluding carboxylic acids is 1. The third-order valence-electron chi connectivity index (χ3n) is 6.57. The van der Waals surface area contributed by atoms with E-state index in [1.54, 1.807) is 13.4 Å². The first-order valence-corrected chi connectivity index (χ1v) is 10.6. The fraction of sp³-hybridized carbons (Fsp3) is 0.400. The third kappa shape index (κ3) is 3.64. The smallest absolute Gasteiger partial charge is 0.173 e. The molecule has 0 amide bonds. The van der Waals surface area contributed by atoms with Crippen LogP contribution in [-0.2, 0) is 20.8 Å². The summed E-state index contributed by atoms with van der Waals surface area (Å²) in [6.07, 6.45) is 3.47. The Morgan fingerprint density at radius 2 is 1.97 bits per heavy atom. The quantitative estimate of drug-likeness (QED) is 0.772. The molecule has 1 saturated carbocycles. The first-order chi connectivity index (χ1) is 14.7. The Morgan fingerprint density at radius 1 is 1.10 bits per heavy atom. The summed E-state index contributed by atoms with van der Waals surface area (Å²) in [4.78, 5) is 15.6. The van der Waals surface area contributed by atoms with Gasteiger partial charge in [0, 0.05) is 19.0 Å². The minimum absolute atomic E-state index is 0.0909. The molecule has 5 rings (SSSR count). The fourth-order valence-corrected chi connectivity index (χ4v) is 5.06. The lowest BCUT2D eigenvalue weighted by Gasteiger charge is -2.48. The lowest BCUT2D eigenvalue weighted by atomic mass is 9.71. The molecule has 2 aromatic carbocycles. The third-order valence-corrected chi connectivity index (χ3v) is 6.57. The van der Waals surface area contributed by atoms with Crippen molar-refractivity contribution in [2.45, 2.75) is 31.6 Å². The van der Waals surface area contributed by atoms with E-state index in [9.17, 15) is 4.79 Å². The maximum atomic E-state index is 13.3. The average molecular weight is 405 g/mol. The lowest BCUT2D eigenvalue weighted by molar-refractivity contribution is -0.171. The average Bonchev–Trinajstić information content (AvgIpc) is 2.80. The number of carbonyl (C=O) groups is 1. The number of allylic oxidation sites excluding steroid dienone is 1. The number of hydrogen-bond acceptors (Lipinski definition) is 5. The molecule has 30 heavy (non-hydrogen) atoms. The minimum Gasteiger partial charge on any atom is -0.497 e. The van der Waals surface area contributed by atoms with Gasteiger partial charge in [-0.25, -0.2) is 0 Å². The molecule has 5 heteroatoms. The van der Waals surface area contributed by atoms with Crippen LogP contribution in [0.25, 0.3) is 5.57 Å². The van der Waals surface area contributed by atoms with E-state index in [0.29, 0.717) is 12.3 Å². The summed E-state index contributed by atoms with van der Waals surface area (Å²) >= 11 is 0. The highest BCUT2D eigenvalue weighted by Gasteiger charge is 2.48. The van der Waals surface area contributed by atoms with Crippen molar-refractivity contribution >= 4 is 11.4 Å². The molecule has 0 spiro atoms. The highest BCUT2D eigenvalue weighted by Crippen LogP contribution is 2.42. The van der Waals surface area contributed by atoms with Crippen molar-refractivity contribution in [1.29, 1.82) is 0 Å². The topological polar surface area (TPSA) is 48.0 Å². The van der Waals surface area contributed by atoms with Gasteiger partial charge in [0.1, 0.15) is 11.9 Å². The van der Waals surface area contributed by atoms with E-state index in [0.717, 1.165) is 37.2 Å². The SMILES string of the molecule is COc1cccc(CN2COC3CCC4C(=O)C(c5ccccc5)=COC4C3C2)c1. The molecule has 0 aromatic heterocycles. The van der Waals surface area contributed by atoms with Gasteiger partial charge >= 0.3 is 0 Å². The molecule has 4 unspecified atom stereocenters. The number of Topliss-reactive ketones (excluding diaryl/α,β-unsaturated/α-hetero) is 1. The van der Waals surface area contributed by atoms with Crippen LogP contribution in [0.5, 0.6) is 5.75 Å². The molecule has 5 nitrogen and oxygen atoms in total. The van der Waals surface area contributed by atoms with Crippen LogP contribution in [0.15, 0.2) is 60.9 Å². The lowest BCUT2D eigenvalue weighted by Crippen LogP contribution is -2.56. The molecule has 2 fully saturated rings. The monoisotopic (exact) mass is 405 g/mol. The van der Waals surface area contributed by atoms with Gasteiger partial charge in [0.15, 0.2) is 5.78 Å². The maximum absolute atomic E-state index is 13.3. The second kappa shape index (κ2) is 8.25. The van der Waals surface area contributed by atoms with Crippen molar-refractivity contribution in [2.24, 2.45) is 11.8 Å². The second-order valence-corrected chi connectivity index (χ2v) is 8.41. The van der Waals surface area contributed by atoms with Crippen molar-refractivity contribution in [1.82, 2.24) is 4.90 Å². The molecular weight excluding hydrogens is 378 g/mol. The Morgan fingerprint density at radius 3 is 2.80 bits per heavy atom. The van der Waals surface area contributed by atoms with Crippen molar-refractivity contribution in [3.8, 4) is 5.75 Å². The molecular formula is C25H27NO4. The van der Waals surface area contributed by atoms with Crippen molar-refractivity contribution in [3.05, 3.63) is 72.0 Å². The highest BCUT2D eigenvalue weighted by molar-refractivity contribution is 6.22. The highest BCUT2D eigenvalue weighted by atomic mass is 16.5. The van der Waals surface area contributed by atoms with E-state index >= 15 is 0 Å². The van der Waals surface area contributed by atoms with Gasteiger partial charge in [-0.15, -0.1) is 0 Å². The predicted octanol–water partition coefficient (Wildman–Crippen LogP) is 3.89. The van der Waals surface area contributed by atoms with Crippen molar-refractivity contribution < 1.29 is 19.0 Å². The van der Waals surface area contributed by atoms with Gasteiger partial charge in [-0.05, 0) is 36.1 Å². The first-order valence-electron chi connectivity index (χ1n) is 10.6. The molecule has 3 aliphatic rings.